The Bertz CT molecular complexity index is 698. The first-order chi connectivity index (χ1) is 9.72. The standard InChI is InChI=1S/C15H15N3S2/c1-10-15(20-9-17-10)7-16-13-5-3-12(4-6-13)14-8-19-11(2)18-14/h3-6,8-9,16H,7H2,1-2H3. The van der Waals surface area contributed by atoms with Crippen molar-refractivity contribution in [3.63, 3.8) is 0 Å². The molecule has 3 rings (SSSR count). The van der Waals surface area contributed by atoms with Crippen molar-refractivity contribution >= 4 is 28.4 Å². The van der Waals surface area contributed by atoms with Crippen LogP contribution in [-0.4, -0.2) is 9.97 Å². The second-order valence-corrected chi connectivity index (χ2v) is 6.55. The van der Waals surface area contributed by atoms with Crippen LogP contribution < -0.4 is 5.32 Å². The summed E-state index contributed by atoms with van der Waals surface area (Å²) in [5.74, 6) is 0. The second kappa shape index (κ2) is 5.73. The van der Waals surface area contributed by atoms with Crippen LogP contribution in [0.1, 0.15) is 15.6 Å². The Morgan fingerprint density at radius 1 is 1.10 bits per heavy atom. The summed E-state index contributed by atoms with van der Waals surface area (Å²) in [6, 6.07) is 8.41. The number of rotatable bonds is 4. The number of thiazole rings is 2. The third kappa shape index (κ3) is 2.89. The predicted octanol–water partition coefficient (Wildman–Crippen LogP) is 4.50. The molecule has 5 heteroatoms. The van der Waals surface area contributed by atoms with Gasteiger partial charge in [-0.1, -0.05) is 12.1 Å². The molecular formula is C15H15N3S2. The first-order valence-corrected chi connectivity index (χ1v) is 8.14. The number of nitrogens with zero attached hydrogens (tertiary/aromatic N) is 2. The van der Waals surface area contributed by atoms with Crippen molar-refractivity contribution in [1.29, 1.82) is 0 Å². The lowest BCUT2D eigenvalue weighted by atomic mass is 10.1. The summed E-state index contributed by atoms with van der Waals surface area (Å²) >= 11 is 3.37. The van der Waals surface area contributed by atoms with Gasteiger partial charge in [0.15, 0.2) is 0 Å². The van der Waals surface area contributed by atoms with Crippen molar-refractivity contribution in [3.8, 4) is 11.3 Å². The Morgan fingerprint density at radius 2 is 1.90 bits per heavy atom. The average Bonchev–Trinajstić information content (AvgIpc) is 3.06. The first-order valence-electron chi connectivity index (χ1n) is 6.38. The molecule has 1 N–H and O–H groups in total. The highest BCUT2D eigenvalue weighted by atomic mass is 32.1. The van der Waals surface area contributed by atoms with E-state index in [1.54, 1.807) is 22.7 Å². The third-order valence-corrected chi connectivity index (χ3v) is 4.81. The molecular weight excluding hydrogens is 286 g/mol. The molecule has 1 aromatic carbocycles. The molecule has 0 aliphatic rings. The van der Waals surface area contributed by atoms with E-state index in [-0.39, 0.29) is 0 Å². The number of anilines is 1. The van der Waals surface area contributed by atoms with Crippen LogP contribution in [0.2, 0.25) is 0 Å². The summed E-state index contributed by atoms with van der Waals surface area (Å²) in [6.07, 6.45) is 0. The number of benzene rings is 1. The summed E-state index contributed by atoms with van der Waals surface area (Å²) in [5.41, 5.74) is 6.33. The van der Waals surface area contributed by atoms with Crippen LogP contribution in [0.25, 0.3) is 11.3 Å². The molecule has 3 nitrogen and oxygen atoms in total. The number of aromatic nitrogens is 2. The van der Waals surface area contributed by atoms with Gasteiger partial charge in [-0.3, -0.25) is 0 Å². The van der Waals surface area contributed by atoms with E-state index in [4.69, 9.17) is 0 Å². The van der Waals surface area contributed by atoms with Crippen LogP contribution in [0.15, 0.2) is 35.2 Å². The van der Waals surface area contributed by atoms with Crippen molar-refractivity contribution in [3.05, 3.63) is 50.7 Å². The molecule has 0 atom stereocenters. The van der Waals surface area contributed by atoms with E-state index in [1.165, 1.54) is 4.88 Å². The van der Waals surface area contributed by atoms with Gasteiger partial charge in [0.05, 0.1) is 28.5 Å². The summed E-state index contributed by atoms with van der Waals surface area (Å²) in [6.45, 7) is 4.90. The van der Waals surface area contributed by atoms with Gasteiger partial charge in [-0.25, -0.2) is 9.97 Å². The van der Waals surface area contributed by atoms with Gasteiger partial charge in [0.1, 0.15) is 0 Å². The fourth-order valence-electron chi connectivity index (χ4n) is 1.93. The maximum absolute atomic E-state index is 4.50. The summed E-state index contributed by atoms with van der Waals surface area (Å²) < 4.78 is 0. The SMILES string of the molecule is Cc1nc(-c2ccc(NCc3scnc3C)cc2)cs1. The van der Waals surface area contributed by atoms with E-state index in [9.17, 15) is 0 Å². The van der Waals surface area contributed by atoms with Crippen molar-refractivity contribution in [1.82, 2.24) is 9.97 Å². The number of aryl methyl sites for hydroxylation is 2. The fraction of sp³-hybridized carbons (Fsp3) is 0.200. The monoisotopic (exact) mass is 301 g/mol. The van der Waals surface area contributed by atoms with E-state index in [2.05, 4.69) is 44.9 Å². The molecule has 0 aliphatic heterocycles. The van der Waals surface area contributed by atoms with Crippen LogP contribution in [0.3, 0.4) is 0 Å². The predicted molar refractivity (Wildman–Crippen MR) is 86.5 cm³/mol. The maximum Gasteiger partial charge on any atom is 0.0901 e. The molecule has 0 fully saturated rings. The highest BCUT2D eigenvalue weighted by Crippen LogP contribution is 2.23. The average molecular weight is 301 g/mol. The van der Waals surface area contributed by atoms with Gasteiger partial charge in [0.2, 0.25) is 0 Å². The Morgan fingerprint density at radius 3 is 2.50 bits per heavy atom. The minimum absolute atomic E-state index is 0.825. The van der Waals surface area contributed by atoms with E-state index < -0.39 is 0 Å². The van der Waals surface area contributed by atoms with Crippen LogP contribution in [0, 0.1) is 13.8 Å². The summed E-state index contributed by atoms with van der Waals surface area (Å²) in [4.78, 5) is 10.0. The first kappa shape index (κ1) is 13.3. The van der Waals surface area contributed by atoms with Crippen molar-refractivity contribution in [2.75, 3.05) is 5.32 Å². The molecule has 0 spiro atoms. The lowest BCUT2D eigenvalue weighted by Gasteiger charge is -2.06. The molecule has 0 saturated carbocycles. The summed E-state index contributed by atoms with van der Waals surface area (Å²) in [7, 11) is 0. The summed E-state index contributed by atoms with van der Waals surface area (Å²) in [5, 5.41) is 6.62. The van der Waals surface area contributed by atoms with Crippen LogP contribution >= 0.6 is 22.7 Å². The van der Waals surface area contributed by atoms with Gasteiger partial charge in [0.25, 0.3) is 0 Å². The molecule has 0 bridgehead atoms. The Hall–Kier alpha value is -1.72. The Labute approximate surface area is 126 Å². The van der Waals surface area contributed by atoms with Gasteiger partial charge in [-0.05, 0) is 26.0 Å². The van der Waals surface area contributed by atoms with Crippen LogP contribution in [0.4, 0.5) is 5.69 Å². The van der Waals surface area contributed by atoms with Crippen LogP contribution in [0.5, 0.6) is 0 Å². The smallest absolute Gasteiger partial charge is 0.0901 e. The Kier molecular flexibility index (Phi) is 3.80. The van der Waals surface area contributed by atoms with E-state index in [0.717, 1.165) is 34.2 Å². The lowest BCUT2D eigenvalue weighted by Crippen LogP contribution is -1.98. The minimum Gasteiger partial charge on any atom is -0.380 e. The molecule has 2 aromatic heterocycles. The molecule has 2 heterocycles. The second-order valence-electron chi connectivity index (χ2n) is 4.54. The zero-order valence-corrected chi connectivity index (χ0v) is 13.0. The Balaban J connectivity index is 1.69. The lowest BCUT2D eigenvalue weighted by molar-refractivity contribution is 1.12. The van der Waals surface area contributed by atoms with Gasteiger partial charge in [0, 0.05) is 21.5 Å². The highest BCUT2D eigenvalue weighted by molar-refractivity contribution is 7.10. The molecule has 0 saturated heterocycles. The van der Waals surface area contributed by atoms with Crippen molar-refractivity contribution in [2.24, 2.45) is 0 Å². The largest absolute Gasteiger partial charge is 0.380 e. The highest BCUT2D eigenvalue weighted by Gasteiger charge is 2.03. The number of hydrogen-bond donors (Lipinski definition) is 1. The minimum atomic E-state index is 0.825. The molecule has 0 radical (unpaired) electrons. The molecule has 20 heavy (non-hydrogen) atoms. The molecule has 102 valence electrons. The zero-order chi connectivity index (χ0) is 13.9. The molecule has 3 aromatic rings. The van der Waals surface area contributed by atoms with E-state index in [0.29, 0.717) is 0 Å². The van der Waals surface area contributed by atoms with Crippen molar-refractivity contribution < 1.29 is 0 Å². The van der Waals surface area contributed by atoms with Gasteiger partial charge in [-0.2, -0.15) is 0 Å². The van der Waals surface area contributed by atoms with Gasteiger partial charge >= 0.3 is 0 Å². The van der Waals surface area contributed by atoms with Crippen molar-refractivity contribution in [2.45, 2.75) is 20.4 Å². The quantitative estimate of drug-likeness (QED) is 0.771. The fourth-order valence-corrected chi connectivity index (χ4v) is 3.27. The normalized spacial score (nSPS) is 10.7. The van der Waals surface area contributed by atoms with E-state index in [1.807, 2.05) is 19.4 Å². The van der Waals surface area contributed by atoms with Crippen LogP contribution in [-0.2, 0) is 6.54 Å². The zero-order valence-electron chi connectivity index (χ0n) is 11.4. The molecule has 0 amide bonds. The van der Waals surface area contributed by atoms with Gasteiger partial charge < -0.3 is 5.32 Å². The number of nitrogens with one attached hydrogen (secondary N) is 1. The third-order valence-electron chi connectivity index (χ3n) is 3.10. The molecule has 0 aliphatic carbocycles. The van der Waals surface area contributed by atoms with E-state index >= 15 is 0 Å². The maximum atomic E-state index is 4.50. The number of hydrogen-bond acceptors (Lipinski definition) is 5. The molecule has 0 unspecified atom stereocenters. The van der Waals surface area contributed by atoms with Gasteiger partial charge in [-0.15, -0.1) is 22.7 Å². The topological polar surface area (TPSA) is 37.8 Å².